The zero-order chi connectivity index (χ0) is 20.8. The molecule has 2 aromatic rings. The monoisotopic (exact) mass is 409 g/mol. The number of nitrogens with one attached hydrogen (secondary N) is 1. The van der Waals surface area contributed by atoms with Crippen LogP contribution >= 0.6 is 0 Å². The van der Waals surface area contributed by atoms with Crippen molar-refractivity contribution in [3.63, 3.8) is 0 Å². The molecule has 1 aromatic carbocycles. The van der Waals surface area contributed by atoms with E-state index in [0.29, 0.717) is 12.6 Å². The molecule has 30 heavy (non-hydrogen) atoms. The minimum atomic E-state index is 0.107. The number of amides is 1. The molecule has 0 spiro atoms. The van der Waals surface area contributed by atoms with Gasteiger partial charge in [0, 0.05) is 38.6 Å². The largest absolute Gasteiger partial charge is 0.349 e. The van der Waals surface area contributed by atoms with Gasteiger partial charge >= 0.3 is 0 Å². The molecular weight excluding hydrogens is 374 g/mol. The quantitative estimate of drug-likeness (QED) is 0.763. The number of aryl methyl sites for hydroxylation is 1. The summed E-state index contributed by atoms with van der Waals surface area (Å²) in [6.07, 6.45) is 9.37. The summed E-state index contributed by atoms with van der Waals surface area (Å²) in [5, 5.41) is 3.10. The zero-order valence-corrected chi connectivity index (χ0v) is 18.2. The van der Waals surface area contributed by atoms with E-state index in [1.807, 2.05) is 17.8 Å². The predicted molar refractivity (Wildman–Crippen MR) is 119 cm³/mol. The Morgan fingerprint density at radius 2 is 1.93 bits per heavy atom. The molecule has 6 nitrogen and oxygen atoms in total. The maximum absolute atomic E-state index is 12.7. The summed E-state index contributed by atoms with van der Waals surface area (Å²) in [6.45, 7) is 6.04. The SMILES string of the molecule is Cn1ccnc1CNC(=O)C1CCCN(C2CCN(CCc3ccccc3)CC2)C1. The van der Waals surface area contributed by atoms with Crippen molar-refractivity contribution in [3.05, 3.63) is 54.1 Å². The van der Waals surface area contributed by atoms with Crippen LogP contribution in [0, 0.1) is 5.92 Å². The average Bonchev–Trinajstić information content (AvgIpc) is 3.22. The van der Waals surface area contributed by atoms with Gasteiger partial charge in [-0.2, -0.15) is 0 Å². The van der Waals surface area contributed by atoms with Gasteiger partial charge in [0.2, 0.25) is 5.91 Å². The van der Waals surface area contributed by atoms with E-state index in [4.69, 9.17) is 0 Å². The zero-order valence-electron chi connectivity index (χ0n) is 18.2. The van der Waals surface area contributed by atoms with Crippen molar-refractivity contribution in [2.45, 2.75) is 44.7 Å². The van der Waals surface area contributed by atoms with Crippen molar-refractivity contribution in [2.75, 3.05) is 32.7 Å². The van der Waals surface area contributed by atoms with Crippen molar-refractivity contribution in [1.29, 1.82) is 0 Å². The van der Waals surface area contributed by atoms with E-state index in [2.05, 4.69) is 50.4 Å². The fourth-order valence-electron chi connectivity index (χ4n) is 4.87. The number of imidazole rings is 1. The molecule has 4 rings (SSSR count). The van der Waals surface area contributed by atoms with E-state index in [1.54, 1.807) is 6.20 Å². The van der Waals surface area contributed by atoms with Crippen LogP contribution in [0.2, 0.25) is 0 Å². The Hall–Kier alpha value is -2.18. The van der Waals surface area contributed by atoms with Gasteiger partial charge in [-0.3, -0.25) is 9.69 Å². The van der Waals surface area contributed by atoms with Crippen molar-refractivity contribution >= 4 is 5.91 Å². The molecule has 0 aliphatic carbocycles. The molecule has 0 bridgehead atoms. The standard InChI is InChI=1S/C24H35N5O/c1-27-17-12-25-23(27)18-26-24(30)21-8-5-13-29(19-21)22-10-15-28(16-11-22)14-9-20-6-3-2-4-7-20/h2-4,6-7,12,17,21-22H,5,8-11,13-16,18-19H2,1H3,(H,26,30). The predicted octanol–water partition coefficient (Wildman–Crippen LogP) is 2.46. The molecular formula is C24H35N5O. The molecule has 2 fully saturated rings. The number of nitrogens with zero attached hydrogens (tertiary/aromatic N) is 4. The Morgan fingerprint density at radius 3 is 2.67 bits per heavy atom. The lowest BCUT2D eigenvalue weighted by molar-refractivity contribution is -0.127. The number of carbonyl (C=O) groups is 1. The second-order valence-electron chi connectivity index (χ2n) is 8.81. The maximum atomic E-state index is 12.7. The Balaban J connectivity index is 1.20. The minimum Gasteiger partial charge on any atom is -0.349 e. The Kier molecular flexibility index (Phi) is 7.18. The van der Waals surface area contributed by atoms with Gasteiger partial charge in [-0.15, -0.1) is 0 Å². The molecule has 162 valence electrons. The van der Waals surface area contributed by atoms with Gasteiger partial charge in [0.05, 0.1) is 12.5 Å². The van der Waals surface area contributed by atoms with E-state index in [9.17, 15) is 4.79 Å². The van der Waals surface area contributed by atoms with Gasteiger partial charge in [0.25, 0.3) is 0 Å². The third-order valence-corrected chi connectivity index (χ3v) is 6.80. The van der Waals surface area contributed by atoms with E-state index in [0.717, 1.165) is 44.7 Å². The van der Waals surface area contributed by atoms with Gasteiger partial charge in [-0.1, -0.05) is 30.3 Å². The number of rotatable bonds is 7. The van der Waals surface area contributed by atoms with Crippen molar-refractivity contribution in [1.82, 2.24) is 24.7 Å². The van der Waals surface area contributed by atoms with Crippen LogP contribution in [-0.4, -0.2) is 64.0 Å². The lowest BCUT2D eigenvalue weighted by Gasteiger charge is -2.42. The number of aromatic nitrogens is 2. The number of benzene rings is 1. The van der Waals surface area contributed by atoms with E-state index in [-0.39, 0.29) is 11.8 Å². The number of piperidine rings is 2. The van der Waals surface area contributed by atoms with Crippen LogP contribution in [0.3, 0.4) is 0 Å². The summed E-state index contributed by atoms with van der Waals surface area (Å²) in [4.78, 5) is 22.2. The Labute approximate surface area is 180 Å². The summed E-state index contributed by atoms with van der Waals surface area (Å²) < 4.78 is 1.96. The highest BCUT2D eigenvalue weighted by Crippen LogP contribution is 2.24. The van der Waals surface area contributed by atoms with Crippen LogP contribution in [-0.2, 0) is 24.8 Å². The summed E-state index contributed by atoms with van der Waals surface area (Å²) >= 11 is 0. The summed E-state index contributed by atoms with van der Waals surface area (Å²) in [5.41, 5.74) is 1.43. The fourth-order valence-corrected chi connectivity index (χ4v) is 4.87. The summed E-state index contributed by atoms with van der Waals surface area (Å²) in [7, 11) is 1.96. The highest BCUT2D eigenvalue weighted by atomic mass is 16.1. The second-order valence-corrected chi connectivity index (χ2v) is 8.81. The van der Waals surface area contributed by atoms with Crippen LogP contribution < -0.4 is 5.32 Å². The molecule has 1 atom stereocenters. The molecule has 0 radical (unpaired) electrons. The van der Waals surface area contributed by atoms with E-state index < -0.39 is 0 Å². The van der Waals surface area contributed by atoms with Gasteiger partial charge in [-0.05, 0) is 57.3 Å². The number of carbonyl (C=O) groups excluding carboxylic acids is 1. The van der Waals surface area contributed by atoms with Crippen molar-refractivity contribution in [3.8, 4) is 0 Å². The van der Waals surface area contributed by atoms with Crippen LogP contribution in [0.25, 0.3) is 0 Å². The Morgan fingerprint density at radius 1 is 1.13 bits per heavy atom. The first-order valence-corrected chi connectivity index (χ1v) is 11.4. The lowest BCUT2D eigenvalue weighted by atomic mass is 9.93. The molecule has 3 heterocycles. The molecule has 1 unspecified atom stereocenters. The van der Waals surface area contributed by atoms with Gasteiger partial charge in [0.15, 0.2) is 0 Å². The molecule has 2 saturated heterocycles. The van der Waals surface area contributed by atoms with Gasteiger partial charge in [0.1, 0.15) is 5.82 Å². The molecule has 1 amide bonds. The third-order valence-electron chi connectivity index (χ3n) is 6.80. The first-order valence-electron chi connectivity index (χ1n) is 11.4. The molecule has 1 aromatic heterocycles. The number of hydrogen-bond donors (Lipinski definition) is 1. The van der Waals surface area contributed by atoms with Gasteiger partial charge < -0.3 is 14.8 Å². The first-order chi connectivity index (χ1) is 14.7. The molecule has 2 aliphatic rings. The molecule has 1 N–H and O–H groups in total. The highest BCUT2D eigenvalue weighted by molar-refractivity contribution is 5.78. The summed E-state index contributed by atoms with van der Waals surface area (Å²) in [6, 6.07) is 11.4. The average molecular weight is 410 g/mol. The fraction of sp³-hybridized carbons (Fsp3) is 0.583. The third kappa shape index (κ3) is 5.49. The van der Waals surface area contributed by atoms with Crippen molar-refractivity contribution < 1.29 is 4.79 Å². The normalized spacial score (nSPS) is 21.6. The minimum absolute atomic E-state index is 0.107. The van der Waals surface area contributed by atoms with Gasteiger partial charge in [-0.25, -0.2) is 4.98 Å². The Bertz CT molecular complexity index is 797. The first kappa shape index (κ1) is 21.1. The maximum Gasteiger partial charge on any atom is 0.224 e. The summed E-state index contributed by atoms with van der Waals surface area (Å²) in [5.74, 6) is 1.19. The molecule has 6 heteroatoms. The topological polar surface area (TPSA) is 53.4 Å². The van der Waals surface area contributed by atoms with Crippen molar-refractivity contribution in [2.24, 2.45) is 13.0 Å². The van der Waals surface area contributed by atoms with E-state index in [1.165, 1.54) is 31.5 Å². The number of hydrogen-bond acceptors (Lipinski definition) is 4. The smallest absolute Gasteiger partial charge is 0.224 e. The molecule has 0 saturated carbocycles. The van der Waals surface area contributed by atoms with Crippen LogP contribution in [0.15, 0.2) is 42.7 Å². The lowest BCUT2D eigenvalue weighted by Crippen LogP contribution is -2.51. The van der Waals surface area contributed by atoms with Crippen LogP contribution in [0.5, 0.6) is 0 Å². The highest BCUT2D eigenvalue weighted by Gasteiger charge is 2.31. The second kappa shape index (κ2) is 10.2. The number of likely N-dealkylation sites (tertiary alicyclic amines) is 2. The van der Waals surface area contributed by atoms with Crippen LogP contribution in [0.1, 0.15) is 37.1 Å². The molecule has 2 aliphatic heterocycles. The van der Waals surface area contributed by atoms with Crippen LogP contribution in [0.4, 0.5) is 0 Å². The van der Waals surface area contributed by atoms with E-state index >= 15 is 0 Å².